The van der Waals surface area contributed by atoms with Crippen LogP contribution in [0.4, 0.5) is 5.69 Å². The fourth-order valence-corrected chi connectivity index (χ4v) is 3.62. The standard InChI is InChI=1S/C19H30N4O2S/c1-22-11-4-5-16(13-22)23(2)19(25)14-6-8-15(9-7-14)21-18(24)17(20)10-12-26-3/h6-9,16-17H,4-5,10-13,20H2,1-3H3,(H,21,24)/t16?,17-/m0/s1. The topological polar surface area (TPSA) is 78.7 Å². The van der Waals surface area contributed by atoms with Crippen LogP contribution in [-0.4, -0.2) is 72.9 Å². The number of nitrogens with zero attached hydrogens (tertiary/aromatic N) is 2. The second-order valence-electron chi connectivity index (χ2n) is 6.93. The Morgan fingerprint density at radius 1 is 1.38 bits per heavy atom. The van der Waals surface area contributed by atoms with E-state index in [-0.39, 0.29) is 17.9 Å². The first-order valence-electron chi connectivity index (χ1n) is 9.03. The predicted octanol–water partition coefficient (Wildman–Crippen LogP) is 1.87. The smallest absolute Gasteiger partial charge is 0.253 e. The molecule has 2 atom stereocenters. The van der Waals surface area contributed by atoms with Crippen molar-refractivity contribution in [2.24, 2.45) is 5.73 Å². The Labute approximate surface area is 160 Å². The summed E-state index contributed by atoms with van der Waals surface area (Å²) in [4.78, 5) is 28.9. The van der Waals surface area contributed by atoms with Crippen molar-refractivity contribution in [2.75, 3.05) is 44.5 Å². The van der Waals surface area contributed by atoms with Gasteiger partial charge in [0.05, 0.1) is 6.04 Å². The van der Waals surface area contributed by atoms with Crippen molar-refractivity contribution in [2.45, 2.75) is 31.3 Å². The molecule has 1 saturated heterocycles. The summed E-state index contributed by atoms with van der Waals surface area (Å²) in [5.74, 6) is 0.672. The first-order valence-corrected chi connectivity index (χ1v) is 10.4. The Hall–Kier alpha value is -1.57. The SMILES string of the molecule is CSCC[C@H](N)C(=O)Nc1ccc(C(=O)N(C)C2CCCN(C)C2)cc1. The summed E-state index contributed by atoms with van der Waals surface area (Å²) in [5.41, 5.74) is 7.16. The molecule has 6 nitrogen and oxygen atoms in total. The number of thioether (sulfide) groups is 1. The molecule has 1 aromatic rings. The first kappa shape index (κ1) is 20.7. The number of likely N-dealkylation sites (N-methyl/N-ethyl adjacent to an activating group) is 2. The molecule has 0 aliphatic carbocycles. The first-order chi connectivity index (χ1) is 12.4. The number of nitrogens with two attached hydrogens (primary N) is 1. The molecule has 1 fully saturated rings. The van der Waals surface area contributed by atoms with Gasteiger partial charge in [-0.2, -0.15) is 11.8 Å². The molecule has 2 amide bonds. The molecule has 1 aliphatic heterocycles. The zero-order chi connectivity index (χ0) is 19.1. The van der Waals surface area contributed by atoms with Gasteiger partial charge in [-0.1, -0.05) is 0 Å². The van der Waals surface area contributed by atoms with Gasteiger partial charge in [-0.25, -0.2) is 0 Å². The van der Waals surface area contributed by atoms with Crippen LogP contribution >= 0.6 is 11.8 Å². The summed E-state index contributed by atoms with van der Waals surface area (Å²) in [5, 5.41) is 2.81. The molecule has 0 aromatic heterocycles. The molecule has 2 rings (SSSR count). The van der Waals surface area contributed by atoms with Crippen molar-refractivity contribution in [1.82, 2.24) is 9.80 Å². The minimum atomic E-state index is -0.516. The zero-order valence-electron chi connectivity index (χ0n) is 15.9. The molecule has 7 heteroatoms. The number of rotatable bonds is 7. The number of piperidine rings is 1. The van der Waals surface area contributed by atoms with Crippen LogP contribution in [0.5, 0.6) is 0 Å². The van der Waals surface area contributed by atoms with Gasteiger partial charge in [0.15, 0.2) is 0 Å². The highest BCUT2D eigenvalue weighted by atomic mass is 32.2. The Morgan fingerprint density at radius 2 is 2.08 bits per heavy atom. The summed E-state index contributed by atoms with van der Waals surface area (Å²) >= 11 is 1.67. The average molecular weight is 379 g/mol. The van der Waals surface area contributed by atoms with E-state index in [0.29, 0.717) is 17.7 Å². The number of hydrogen-bond acceptors (Lipinski definition) is 5. The highest BCUT2D eigenvalue weighted by molar-refractivity contribution is 7.98. The summed E-state index contributed by atoms with van der Waals surface area (Å²) in [6, 6.07) is 6.76. The minimum Gasteiger partial charge on any atom is -0.337 e. The fraction of sp³-hybridized carbons (Fsp3) is 0.579. The molecular formula is C19H30N4O2S. The van der Waals surface area contributed by atoms with E-state index in [0.717, 1.165) is 31.7 Å². The number of carbonyl (C=O) groups is 2. The molecule has 0 radical (unpaired) electrons. The van der Waals surface area contributed by atoms with Crippen LogP contribution in [0.1, 0.15) is 29.6 Å². The molecule has 0 saturated carbocycles. The second kappa shape index (κ2) is 9.94. The number of likely N-dealkylation sites (tertiary alicyclic amines) is 1. The van der Waals surface area contributed by atoms with Gasteiger partial charge in [0.2, 0.25) is 5.91 Å². The maximum Gasteiger partial charge on any atom is 0.253 e. The molecule has 144 valence electrons. The van der Waals surface area contributed by atoms with Gasteiger partial charge in [0.25, 0.3) is 5.91 Å². The molecule has 3 N–H and O–H groups in total. The lowest BCUT2D eigenvalue weighted by Gasteiger charge is -2.35. The van der Waals surface area contributed by atoms with Crippen molar-refractivity contribution >= 4 is 29.3 Å². The number of anilines is 1. The zero-order valence-corrected chi connectivity index (χ0v) is 16.7. The molecular weight excluding hydrogens is 348 g/mol. The fourth-order valence-electron chi connectivity index (χ4n) is 3.13. The lowest BCUT2D eigenvalue weighted by molar-refractivity contribution is -0.117. The Balaban J connectivity index is 1.93. The van der Waals surface area contributed by atoms with Crippen LogP contribution in [0.15, 0.2) is 24.3 Å². The number of amides is 2. The number of benzene rings is 1. The van der Waals surface area contributed by atoms with E-state index in [1.165, 1.54) is 0 Å². The van der Waals surface area contributed by atoms with Crippen molar-refractivity contribution in [3.05, 3.63) is 29.8 Å². The van der Waals surface area contributed by atoms with Crippen molar-refractivity contribution in [3.8, 4) is 0 Å². The Morgan fingerprint density at radius 3 is 2.69 bits per heavy atom. The van der Waals surface area contributed by atoms with E-state index in [1.54, 1.807) is 36.0 Å². The van der Waals surface area contributed by atoms with Crippen molar-refractivity contribution in [3.63, 3.8) is 0 Å². The lowest BCUT2D eigenvalue weighted by Crippen LogP contribution is -2.47. The normalized spacial score (nSPS) is 19.0. The summed E-state index contributed by atoms with van der Waals surface area (Å²) in [7, 11) is 3.96. The van der Waals surface area contributed by atoms with Gasteiger partial charge in [-0.3, -0.25) is 9.59 Å². The maximum atomic E-state index is 12.7. The summed E-state index contributed by atoms with van der Waals surface area (Å²) in [6.45, 7) is 2.00. The Bertz CT molecular complexity index is 608. The van der Waals surface area contributed by atoms with Crippen LogP contribution in [0, 0.1) is 0 Å². The van der Waals surface area contributed by atoms with Crippen LogP contribution in [0.25, 0.3) is 0 Å². The van der Waals surface area contributed by atoms with Gasteiger partial charge in [0.1, 0.15) is 0 Å². The van der Waals surface area contributed by atoms with Gasteiger partial charge in [-0.15, -0.1) is 0 Å². The highest BCUT2D eigenvalue weighted by Crippen LogP contribution is 2.17. The van der Waals surface area contributed by atoms with Gasteiger partial charge >= 0.3 is 0 Å². The molecule has 0 bridgehead atoms. The van der Waals surface area contributed by atoms with Crippen LogP contribution in [0.2, 0.25) is 0 Å². The molecule has 1 heterocycles. The monoisotopic (exact) mass is 378 g/mol. The molecule has 1 unspecified atom stereocenters. The van der Waals surface area contributed by atoms with Gasteiger partial charge in [0, 0.05) is 30.9 Å². The average Bonchev–Trinajstić information content (AvgIpc) is 2.65. The number of hydrogen-bond donors (Lipinski definition) is 2. The van der Waals surface area contributed by atoms with E-state index in [9.17, 15) is 9.59 Å². The minimum absolute atomic E-state index is 0.0137. The second-order valence-corrected chi connectivity index (χ2v) is 7.91. The number of carbonyl (C=O) groups excluding carboxylic acids is 2. The largest absolute Gasteiger partial charge is 0.337 e. The van der Waals surface area contributed by atoms with E-state index in [2.05, 4.69) is 17.3 Å². The van der Waals surface area contributed by atoms with E-state index < -0.39 is 6.04 Å². The third-order valence-corrected chi connectivity index (χ3v) is 5.48. The number of nitrogens with one attached hydrogen (secondary N) is 1. The summed E-state index contributed by atoms with van der Waals surface area (Å²) in [6.07, 6.45) is 4.78. The van der Waals surface area contributed by atoms with Crippen molar-refractivity contribution < 1.29 is 9.59 Å². The molecule has 1 aliphatic rings. The third kappa shape index (κ3) is 5.72. The maximum absolute atomic E-state index is 12.7. The van der Waals surface area contributed by atoms with E-state index in [1.807, 2.05) is 18.2 Å². The van der Waals surface area contributed by atoms with Crippen LogP contribution in [-0.2, 0) is 4.79 Å². The van der Waals surface area contributed by atoms with Gasteiger partial charge < -0.3 is 20.9 Å². The third-order valence-electron chi connectivity index (χ3n) is 4.84. The summed E-state index contributed by atoms with van der Waals surface area (Å²) < 4.78 is 0. The predicted molar refractivity (Wildman–Crippen MR) is 109 cm³/mol. The van der Waals surface area contributed by atoms with Crippen LogP contribution < -0.4 is 11.1 Å². The van der Waals surface area contributed by atoms with Gasteiger partial charge in [-0.05, 0) is 69.1 Å². The van der Waals surface area contributed by atoms with Crippen molar-refractivity contribution in [1.29, 1.82) is 0 Å². The molecule has 1 aromatic carbocycles. The quantitative estimate of drug-likeness (QED) is 0.757. The van der Waals surface area contributed by atoms with Crippen LogP contribution in [0.3, 0.4) is 0 Å². The molecule has 0 spiro atoms. The molecule has 26 heavy (non-hydrogen) atoms. The lowest BCUT2D eigenvalue weighted by atomic mass is 10.0. The van der Waals surface area contributed by atoms with E-state index >= 15 is 0 Å². The van der Waals surface area contributed by atoms with E-state index in [4.69, 9.17) is 5.73 Å². The highest BCUT2D eigenvalue weighted by Gasteiger charge is 2.25. The Kier molecular flexibility index (Phi) is 7.93.